The molecular weight excluding hydrogens is 456 g/mol. The van der Waals surface area contributed by atoms with E-state index >= 15 is 0 Å². The molecule has 37 heavy (non-hydrogen) atoms. The molecule has 2 fully saturated rings. The number of benzene rings is 3. The van der Waals surface area contributed by atoms with Gasteiger partial charge >= 0.3 is 0 Å². The van der Waals surface area contributed by atoms with Crippen molar-refractivity contribution in [2.24, 2.45) is 0 Å². The van der Waals surface area contributed by atoms with Crippen molar-refractivity contribution < 1.29 is 4.79 Å². The van der Waals surface area contributed by atoms with Crippen LogP contribution in [0.3, 0.4) is 0 Å². The topological polar surface area (TPSA) is 61.0 Å². The summed E-state index contributed by atoms with van der Waals surface area (Å²) in [6, 6.07) is 25.2. The predicted octanol–water partition coefficient (Wildman–Crippen LogP) is 6.36. The molecule has 1 unspecified atom stereocenters. The Bertz CT molecular complexity index is 1440. The van der Waals surface area contributed by atoms with Gasteiger partial charge in [-0.25, -0.2) is 0 Å². The van der Waals surface area contributed by atoms with Crippen molar-refractivity contribution in [2.75, 3.05) is 13.1 Å². The van der Waals surface area contributed by atoms with Crippen molar-refractivity contribution >= 4 is 35.0 Å². The van der Waals surface area contributed by atoms with Gasteiger partial charge < -0.3 is 5.32 Å². The number of aromatic nitrogens is 2. The quantitative estimate of drug-likeness (QED) is 0.310. The van der Waals surface area contributed by atoms with Crippen LogP contribution in [0.25, 0.3) is 29.1 Å². The molecule has 0 aliphatic carbocycles. The van der Waals surface area contributed by atoms with E-state index in [-0.39, 0.29) is 11.9 Å². The van der Waals surface area contributed by atoms with Gasteiger partial charge in [-0.1, -0.05) is 73.2 Å². The number of rotatable bonds is 6. The third-order valence-electron chi connectivity index (χ3n) is 7.45. The zero-order valence-electron chi connectivity index (χ0n) is 21.0. The van der Waals surface area contributed by atoms with Gasteiger partial charge in [0.25, 0.3) is 0 Å². The van der Waals surface area contributed by atoms with Crippen LogP contribution in [0, 0.1) is 0 Å². The molecule has 1 amide bonds. The van der Waals surface area contributed by atoms with E-state index in [4.69, 9.17) is 0 Å². The lowest BCUT2D eigenvalue weighted by molar-refractivity contribution is -0.116. The summed E-state index contributed by atoms with van der Waals surface area (Å²) in [5.41, 5.74) is 7.35. The summed E-state index contributed by atoms with van der Waals surface area (Å²) in [6.45, 7) is 3.48. The highest BCUT2D eigenvalue weighted by molar-refractivity contribution is 6.01. The lowest BCUT2D eigenvalue weighted by atomic mass is 10.0. The van der Waals surface area contributed by atoms with Gasteiger partial charge in [0.1, 0.15) is 0 Å². The minimum atomic E-state index is 0.00382. The number of nitrogens with one attached hydrogen (secondary N) is 2. The van der Waals surface area contributed by atoms with Gasteiger partial charge in [0, 0.05) is 23.9 Å². The normalized spacial score (nSPS) is 19.7. The molecule has 1 aromatic heterocycles. The standard InChI is InChI=1S/C32H32N4O/c37-32-27(21-30(33-32)26-7-3-1-4-8-26)19-25-13-15-28-29(34-35-31(28)20-25)16-14-23-9-11-24(12-10-23)22-36-17-5-2-6-18-36/h1,3-4,7-16,19-20,30H,2,5-6,17-18,21-22H2,(H,33,37)(H,34,35)/b16-14+,27-19+. The average molecular weight is 489 g/mol. The molecule has 2 aliphatic rings. The van der Waals surface area contributed by atoms with Crippen molar-refractivity contribution in [1.82, 2.24) is 20.4 Å². The lowest BCUT2D eigenvalue weighted by Gasteiger charge is -2.26. The summed E-state index contributed by atoms with van der Waals surface area (Å²) in [6.07, 6.45) is 10.9. The largest absolute Gasteiger partial charge is 0.345 e. The number of amides is 1. The van der Waals surface area contributed by atoms with Crippen molar-refractivity contribution in [2.45, 2.75) is 38.3 Å². The molecule has 0 saturated carbocycles. The highest BCUT2D eigenvalue weighted by atomic mass is 16.2. The smallest absolute Gasteiger partial charge is 0.247 e. The zero-order chi connectivity index (χ0) is 25.0. The number of piperidine rings is 1. The second-order valence-corrected chi connectivity index (χ2v) is 10.1. The second-order valence-electron chi connectivity index (χ2n) is 10.1. The predicted molar refractivity (Wildman–Crippen MR) is 151 cm³/mol. The summed E-state index contributed by atoms with van der Waals surface area (Å²) in [4.78, 5) is 15.1. The molecule has 0 spiro atoms. The second kappa shape index (κ2) is 10.6. The highest BCUT2D eigenvalue weighted by Gasteiger charge is 2.27. The Labute approximate surface area is 217 Å². The molecule has 1 atom stereocenters. The summed E-state index contributed by atoms with van der Waals surface area (Å²) in [7, 11) is 0. The molecule has 2 saturated heterocycles. The Hall–Kier alpha value is -3.96. The van der Waals surface area contributed by atoms with Crippen molar-refractivity contribution in [3.8, 4) is 0 Å². The Balaban J connectivity index is 1.13. The van der Waals surface area contributed by atoms with E-state index in [9.17, 15) is 4.79 Å². The fraction of sp³-hybridized carbons (Fsp3) is 0.250. The molecular formula is C32H32N4O. The van der Waals surface area contributed by atoms with E-state index in [0.717, 1.165) is 39.8 Å². The van der Waals surface area contributed by atoms with E-state index in [1.807, 2.05) is 24.3 Å². The maximum Gasteiger partial charge on any atom is 0.247 e. The van der Waals surface area contributed by atoms with Gasteiger partial charge in [-0.05, 0) is 72.5 Å². The monoisotopic (exact) mass is 488 g/mol. The van der Waals surface area contributed by atoms with Crippen LogP contribution in [0.1, 0.15) is 59.7 Å². The first-order valence-electron chi connectivity index (χ1n) is 13.3. The number of H-pyrrole nitrogens is 1. The number of hydrogen-bond acceptors (Lipinski definition) is 3. The molecule has 2 N–H and O–H groups in total. The highest BCUT2D eigenvalue weighted by Crippen LogP contribution is 2.29. The van der Waals surface area contributed by atoms with Crippen LogP contribution in [0.15, 0.2) is 78.4 Å². The van der Waals surface area contributed by atoms with E-state index in [0.29, 0.717) is 6.42 Å². The van der Waals surface area contributed by atoms with Gasteiger partial charge in [0.05, 0.1) is 17.3 Å². The molecule has 5 nitrogen and oxygen atoms in total. The van der Waals surface area contributed by atoms with E-state index in [2.05, 4.69) is 87.2 Å². The molecule has 0 radical (unpaired) electrons. The van der Waals surface area contributed by atoms with Crippen LogP contribution in [-0.4, -0.2) is 34.1 Å². The Morgan fingerprint density at radius 2 is 1.68 bits per heavy atom. The fourth-order valence-corrected chi connectivity index (χ4v) is 5.39. The molecule has 3 heterocycles. The first kappa shape index (κ1) is 23.4. The summed E-state index contributed by atoms with van der Waals surface area (Å²) in [5, 5.41) is 11.8. The molecule has 4 aromatic rings. The number of carbonyl (C=O) groups excluding carboxylic acids is 1. The summed E-state index contributed by atoms with van der Waals surface area (Å²) in [5.74, 6) is 0.00382. The SMILES string of the molecule is O=C1NC(c2ccccc2)C/C1=C\c1ccc2c(/C=C/c3ccc(CN4CCCCC4)cc3)n[nH]c2c1. The van der Waals surface area contributed by atoms with Crippen LogP contribution < -0.4 is 5.32 Å². The van der Waals surface area contributed by atoms with Crippen LogP contribution >= 0.6 is 0 Å². The number of hydrogen-bond donors (Lipinski definition) is 2. The van der Waals surface area contributed by atoms with Gasteiger partial charge in [-0.15, -0.1) is 0 Å². The molecule has 0 bridgehead atoms. The van der Waals surface area contributed by atoms with Gasteiger partial charge in [0.15, 0.2) is 0 Å². The van der Waals surface area contributed by atoms with Gasteiger partial charge in [-0.2, -0.15) is 5.10 Å². The summed E-state index contributed by atoms with van der Waals surface area (Å²) < 4.78 is 0. The number of fused-ring (bicyclic) bond motifs is 1. The fourth-order valence-electron chi connectivity index (χ4n) is 5.39. The molecule has 2 aliphatic heterocycles. The maximum absolute atomic E-state index is 12.6. The van der Waals surface area contributed by atoms with Crippen LogP contribution in [-0.2, 0) is 11.3 Å². The maximum atomic E-state index is 12.6. The van der Waals surface area contributed by atoms with Crippen LogP contribution in [0.5, 0.6) is 0 Å². The first-order valence-corrected chi connectivity index (χ1v) is 13.3. The van der Waals surface area contributed by atoms with E-state index in [1.165, 1.54) is 43.5 Å². The number of likely N-dealkylation sites (tertiary alicyclic amines) is 1. The van der Waals surface area contributed by atoms with E-state index in [1.54, 1.807) is 0 Å². The van der Waals surface area contributed by atoms with Crippen molar-refractivity contribution in [3.63, 3.8) is 0 Å². The number of carbonyl (C=O) groups is 1. The first-order chi connectivity index (χ1) is 18.2. The molecule has 186 valence electrons. The van der Waals surface area contributed by atoms with Crippen LogP contribution in [0.2, 0.25) is 0 Å². The third-order valence-corrected chi connectivity index (χ3v) is 7.45. The molecule has 5 heteroatoms. The number of aromatic amines is 1. The average Bonchev–Trinajstić information content (AvgIpc) is 3.52. The van der Waals surface area contributed by atoms with Gasteiger partial charge in [-0.3, -0.25) is 14.8 Å². The Kier molecular flexibility index (Phi) is 6.70. The molecule has 6 rings (SSSR count). The third kappa shape index (κ3) is 5.42. The van der Waals surface area contributed by atoms with Crippen LogP contribution in [0.4, 0.5) is 0 Å². The molecule has 3 aromatic carbocycles. The minimum Gasteiger partial charge on any atom is -0.345 e. The van der Waals surface area contributed by atoms with Crippen molar-refractivity contribution in [1.29, 1.82) is 0 Å². The van der Waals surface area contributed by atoms with Crippen molar-refractivity contribution in [3.05, 3.63) is 106 Å². The Morgan fingerprint density at radius 1 is 0.892 bits per heavy atom. The van der Waals surface area contributed by atoms with E-state index < -0.39 is 0 Å². The zero-order valence-corrected chi connectivity index (χ0v) is 21.0. The minimum absolute atomic E-state index is 0.00382. The summed E-state index contributed by atoms with van der Waals surface area (Å²) >= 11 is 0. The number of nitrogens with zero attached hydrogens (tertiary/aromatic N) is 2. The Morgan fingerprint density at radius 3 is 2.49 bits per heavy atom. The van der Waals surface area contributed by atoms with Gasteiger partial charge in [0.2, 0.25) is 5.91 Å². The lowest BCUT2D eigenvalue weighted by Crippen LogP contribution is -2.28.